The summed E-state index contributed by atoms with van der Waals surface area (Å²) < 4.78 is 10.2. The van der Waals surface area contributed by atoms with Gasteiger partial charge in [-0.25, -0.2) is 0 Å². The molecule has 4 nitrogen and oxygen atoms in total. The lowest BCUT2D eigenvalue weighted by Gasteiger charge is -2.40. The molecule has 1 aliphatic heterocycles. The molecular weight excluding hydrogens is 196 g/mol. The number of hydrogen-bond acceptors (Lipinski definition) is 4. The minimum Gasteiger partial charge on any atom is -0.422 e. The van der Waals surface area contributed by atoms with Crippen LogP contribution in [0.15, 0.2) is 12.2 Å². The fourth-order valence-corrected chi connectivity index (χ4v) is 1.95. The third-order valence-corrected chi connectivity index (χ3v) is 2.83. The van der Waals surface area contributed by atoms with Crippen LogP contribution in [0.25, 0.3) is 0 Å². The molecule has 0 unspecified atom stereocenters. The molecule has 15 heavy (non-hydrogen) atoms. The minimum absolute atomic E-state index is 0.390. The van der Waals surface area contributed by atoms with Crippen LogP contribution in [0.5, 0.6) is 0 Å². The van der Waals surface area contributed by atoms with Crippen LogP contribution in [0.4, 0.5) is 0 Å². The predicted molar refractivity (Wildman–Crippen MR) is 51.7 cm³/mol. The van der Waals surface area contributed by atoms with E-state index in [1.165, 1.54) is 0 Å². The molecule has 2 aliphatic rings. The Morgan fingerprint density at radius 2 is 1.73 bits per heavy atom. The number of ether oxygens (including phenoxy) is 2. The first-order valence-electron chi connectivity index (χ1n) is 5.08. The highest BCUT2D eigenvalue weighted by molar-refractivity contribution is 6.02. The molecule has 4 heteroatoms. The van der Waals surface area contributed by atoms with Crippen molar-refractivity contribution in [2.24, 2.45) is 5.41 Å². The summed E-state index contributed by atoms with van der Waals surface area (Å²) in [4.78, 5) is 23.7. The highest BCUT2D eigenvalue weighted by Crippen LogP contribution is 2.41. The number of carbonyl (C=O) groups excluding carboxylic acids is 2. The molecule has 82 valence electrons. The Hall–Kier alpha value is -1.32. The van der Waals surface area contributed by atoms with Crippen molar-refractivity contribution in [2.45, 2.75) is 38.9 Å². The second-order valence-electron chi connectivity index (χ2n) is 4.48. The van der Waals surface area contributed by atoms with Crippen LogP contribution in [0.1, 0.15) is 33.1 Å². The van der Waals surface area contributed by atoms with Gasteiger partial charge in [-0.15, -0.1) is 0 Å². The zero-order valence-corrected chi connectivity index (χ0v) is 8.91. The molecule has 0 aromatic rings. The Kier molecular flexibility index (Phi) is 2.10. The Balaban J connectivity index is 2.30. The molecule has 0 saturated carbocycles. The maximum absolute atomic E-state index is 11.8. The first kappa shape index (κ1) is 10.2. The Morgan fingerprint density at radius 3 is 2.20 bits per heavy atom. The zero-order valence-electron chi connectivity index (χ0n) is 8.91. The van der Waals surface area contributed by atoms with Crippen molar-refractivity contribution in [3.05, 3.63) is 12.2 Å². The molecule has 2 rings (SSSR count). The molecule has 0 aromatic heterocycles. The number of esters is 2. The molecule has 1 heterocycles. The molecule has 1 aliphatic carbocycles. The maximum Gasteiger partial charge on any atom is 0.327 e. The predicted octanol–water partition coefficient (Wildman–Crippen LogP) is 1.55. The van der Waals surface area contributed by atoms with Gasteiger partial charge in [-0.1, -0.05) is 12.2 Å². The highest BCUT2D eigenvalue weighted by Gasteiger charge is 2.55. The Morgan fingerprint density at radius 1 is 1.13 bits per heavy atom. The van der Waals surface area contributed by atoms with Crippen LogP contribution >= 0.6 is 0 Å². The lowest BCUT2D eigenvalue weighted by molar-refractivity contribution is -0.251. The van der Waals surface area contributed by atoms with E-state index in [2.05, 4.69) is 0 Å². The molecule has 1 spiro atoms. The molecule has 0 atom stereocenters. The summed E-state index contributed by atoms with van der Waals surface area (Å²) in [5.74, 6) is -2.03. The van der Waals surface area contributed by atoms with Gasteiger partial charge < -0.3 is 9.47 Å². The molecule has 0 N–H and O–H groups in total. The molecular formula is C11H14O4. The first-order valence-corrected chi connectivity index (χ1v) is 5.08. The minimum atomic E-state index is -1.12. The van der Waals surface area contributed by atoms with Crippen molar-refractivity contribution in [2.75, 3.05) is 0 Å². The van der Waals surface area contributed by atoms with E-state index in [4.69, 9.17) is 9.47 Å². The Bertz CT molecular complexity index is 320. The van der Waals surface area contributed by atoms with E-state index in [0.717, 1.165) is 0 Å². The Labute approximate surface area is 88.2 Å². The summed E-state index contributed by atoms with van der Waals surface area (Å²) in [6.07, 6.45) is 5.39. The summed E-state index contributed by atoms with van der Waals surface area (Å²) in [6.45, 7) is 3.13. The third-order valence-electron chi connectivity index (χ3n) is 2.83. The third kappa shape index (κ3) is 1.54. The van der Waals surface area contributed by atoms with Crippen molar-refractivity contribution in [1.29, 1.82) is 0 Å². The van der Waals surface area contributed by atoms with Gasteiger partial charge in [-0.2, -0.15) is 0 Å². The van der Waals surface area contributed by atoms with Crippen LogP contribution in [0, 0.1) is 5.41 Å². The topological polar surface area (TPSA) is 52.6 Å². The van der Waals surface area contributed by atoms with Crippen LogP contribution in [-0.2, 0) is 19.1 Å². The fraction of sp³-hybridized carbons (Fsp3) is 0.636. The van der Waals surface area contributed by atoms with E-state index in [9.17, 15) is 9.59 Å². The molecule has 1 saturated heterocycles. The average Bonchev–Trinajstić information content (AvgIpc) is 2.15. The van der Waals surface area contributed by atoms with E-state index in [-0.39, 0.29) is 0 Å². The van der Waals surface area contributed by atoms with Gasteiger partial charge in [0.2, 0.25) is 0 Å². The van der Waals surface area contributed by atoms with E-state index in [1.807, 2.05) is 12.2 Å². The molecule has 1 fully saturated rings. The number of allylic oxidation sites excluding steroid dienone is 2. The van der Waals surface area contributed by atoms with Gasteiger partial charge in [-0.05, 0) is 19.3 Å². The lowest BCUT2D eigenvalue weighted by atomic mass is 9.76. The number of rotatable bonds is 0. The van der Waals surface area contributed by atoms with Crippen molar-refractivity contribution >= 4 is 11.9 Å². The summed E-state index contributed by atoms with van der Waals surface area (Å²) in [5, 5.41) is 0. The SMILES string of the molecule is CC1(C)OC(=O)C2(CC=CCC2)C(=O)O1. The van der Waals surface area contributed by atoms with Crippen LogP contribution in [-0.4, -0.2) is 17.7 Å². The smallest absolute Gasteiger partial charge is 0.327 e. The van der Waals surface area contributed by atoms with Gasteiger partial charge in [0.15, 0.2) is 5.41 Å². The zero-order chi connectivity index (χ0) is 11.1. The molecule has 0 aromatic carbocycles. The summed E-state index contributed by atoms with van der Waals surface area (Å²) >= 11 is 0. The van der Waals surface area contributed by atoms with Gasteiger partial charge in [-0.3, -0.25) is 9.59 Å². The van der Waals surface area contributed by atoms with Gasteiger partial charge >= 0.3 is 11.9 Å². The van der Waals surface area contributed by atoms with Crippen molar-refractivity contribution in [1.82, 2.24) is 0 Å². The largest absolute Gasteiger partial charge is 0.422 e. The fourth-order valence-electron chi connectivity index (χ4n) is 1.95. The van der Waals surface area contributed by atoms with Crippen LogP contribution in [0.2, 0.25) is 0 Å². The lowest BCUT2D eigenvalue weighted by Crippen LogP contribution is -2.54. The average molecular weight is 210 g/mol. The normalized spacial score (nSPS) is 27.3. The first-order chi connectivity index (χ1) is 6.96. The molecule has 0 bridgehead atoms. The highest BCUT2D eigenvalue weighted by atomic mass is 16.7. The summed E-state index contributed by atoms with van der Waals surface area (Å²) in [6, 6.07) is 0. The number of carbonyl (C=O) groups is 2. The summed E-state index contributed by atoms with van der Waals surface area (Å²) in [5.41, 5.74) is -1.08. The van der Waals surface area contributed by atoms with E-state index in [1.54, 1.807) is 13.8 Å². The summed E-state index contributed by atoms with van der Waals surface area (Å²) in [7, 11) is 0. The monoisotopic (exact) mass is 210 g/mol. The van der Waals surface area contributed by atoms with Crippen molar-refractivity contribution in [3.63, 3.8) is 0 Å². The van der Waals surface area contributed by atoms with Crippen LogP contribution < -0.4 is 0 Å². The van der Waals surface area contributed by atoms with Gasteiger partial charge in [0.1, 0.15) is 0 Å². The van der Waals surface area contributed by atoms with Crippen molar-refractivity contribution < 1.29 is 19.1 Å². The maximum atomic E-state index is 11.8. The second-order valence-corrected chi connectivity index (χ2v) is 4.48. The van der Waals surface area contributed by atoms with Gasteiger partial charge in [0, 0.05) is 13.8 Å². The van der Waals surface area contributed by atoms with E-state index < -0.39 is 23.1 Å². The number of hydrogen-bond donors (Lipinski definition) is 0. The quantitative estimate of drug-likeness (QED) is 0.346. The van der Waals surface area contributed by atoms with Crippen LogP contribution in [0.3, 0.4) is 0 Å². The number of cyclic esters (lactones) is 2. The second kappa shape index (κ2) is 3.08. The van der Waals surface area contributed by atoms with E-state index >= 15 is 0 Å². The van der Waals surface area contributed by atoms with Crippen molar-refractivity contribution in [3.8, 4) is 0 Å². The van der Waals surface area contributed by atoms with Gasteiger partial charge in [0.25, 0.3) is 5.79 Å². The standard InChI is InChI=1S/C11H14O4/c1-10(2)14-8(12)11(9(13)15-10)6-4-3-5-7-11/h3-4H,5-7H2,1-2H3. The van der Waals surface area contributed by atoms with Gasteiger partial charge in [0.05, 0.1) is 0 Å². The molecule has 0 radical (unpaired) electrons. The van der Waals surface area contributed by atoms with E-state index in [0.29, 0.717) is 19.3 Å². The molecule has 0 amide bonds.